The average molecular weight is 263 g/mol. The van der Waals surface area contributed by atoms with Crippen LogP contribution in [0.1, 0.15) is 13.3 Å². The van der Waals surface area contributed by atoms with E-state index in [2.05, 4.69) is 22.2 Å². The molecule has 5 heteroatoms. The largest absolute Gasteiger partial charge is 0.369 e. The number of rotatable bonds is 5. The summed E-state index contributed by atoms with van der Waals surface area (Å²) in [4.78, 5) is 9.50. The number of anilines is 1. The summed E-state index contributed by atoms with van der Waals surface area (Å²) in [6.07, 6.45) is 4.44. The first-order valence-electron chi connectivity index (χ1n) is 5.77. The van der Waals surface area contributed by atoms with E-state index in [1.807, 2.05) is 0 Å². The zero-order chi connectivity index (χ0) is 12.8. The van der Waals surface area contributed by atoms with Crippen molar-refractivity contribution >= 4 is 17.6 Å². The molecule has 0 unspecified atom stereocenters. The second-order valence-corrected chi connectivity index (χ2v) is 4.82. The van der Waals surface area contributed by atoms with Gasteiger partial charge in [-0.2, -0.15) is 0 Å². The van der Waals surface area contributed by atoms with Crippen LogP contribution in [0.15, 0.2) is 46.6 Å². The SMILES string of the molecule is CCCNc1cncc(Sc2ccc(F)cc2)n1. The minimum Gasteiger partial charge on any atom is -0.369 e. The van der Waals surface area contributed by atoms with E-state index >= 15 is 0 Å². The molecule has 1 heterocycles. The molecule has 1 N–H and O–H groups in total. The standard InChI is InChI=1S/C13H14FN3S/c1-2-7-16-12-8-15-9-13(17-12)18-11-5-3-10(14)4-6-11/h3-6,8-9H,2,7H2,1H3,(H,16,17). The van der Waals surface area contributed by atoms with Crippen LogP contribution in [0.25, 0.3) is 0 Å². The molecule has 0 aliphatic heterocycles. The molecule has 1 aromatic carbocycles. The fourth-order valence-electron chi connectivity index (χ4n) is 1.36. The van der Waals surface area contributed by atoms with Gasteiger partial charge in [-0.3, -0.25) is 4.98 Å². The number of aromatic nitrogens is 2. The maximum atomic E-state index is 12.8. The van der Waals surface area contributed by atoms with Crippen molar-refractivity contribution in [1.82, 2.24) is 9.97 Å². The Morgan fingerprint density at radius 3 is 2.72 bits per heavy atom. The third-order valence-corrected chi connectivity index (χ3v) is 3.12. The molecule has 0 fully saturated rings. The summed E-state index contributed by atoms with van der Waals surface area (Å²) in [6, 6.07) is 6.34. The number of hydrogen-bond donors (Lipinski definition) is 1. The van der Waals surface area contributed by atoms with Crippen LogP contribution in [0.3, 0.4) is 0 Å². The summed E-state index contributed by atoms with van der Waals surface area (Å²) >= 11 is 1.46. The molecule has 3 nitrogen and oxygen atoms in total. The topological polar surface area (TPSA) is 37.8 Å². The molecular weight excluding hydrogens is 249 g/mol. The van der Waals surface area contributed by atoms with Crippen molar-refractivity contribution < 1.29 is 4.39 Å². The number of nitrogens with one attached hydrogen (secondary N) is 1. The average Bonchev–Trinajstić information content (AvgIpc) is 2.40. The molecule has 1 aromatic heterocycles. The predicted molar refractivity (Wildman–Crippen MR) is 71.3 cm³/mol. The van der Waals surface area contributed by atoms with Gasteiger partial charge in [-0.05, 0) is 30.7 Å². The molecular formula is C13H14FN3S. The van der Waals surface area contributed by atoms with Gasteiger partial charge >= 0.3 is 0 Å². The maximum absolute atomic E-state index is 12.8. The highest BCUT2D eigenvalue weighted by Gasteiger charge is 2.01. The molecule has 0 atom stereocenters. The zero-order valence-corrected chi connectivity index (χ0v) is 10.9. The van der Waals surface area contributed by atoms with Gasteiger partial charge in [0.05, 0.1) is 12.4 Å². The van der Waals surface area contributed by atoms with E-state index in [1.54, 1.807) is 24.5 Å². The molecule has 0 radical (unpaired) electrons. The summed E-state index contributed by atoms with van der Waals surface area (Å²) in [5.74, 6) is 0.535. The van der Waals surface area contributed by atoms with Gasteiger partial charge in [0.15, 0.2) is 0 Å². The van der Waals surface area contributed by atoms with Gasteiger partial charge < -0.3 is 5.32 Å². The minimum atomic E-state index is -0.233. The summed E-state index contributed by atoms with van der Waals surface area (Å²) in [7, 11) is 0. The second-order valence-electron chi connectivity index (χ2n) is 3.73. The van der Waals surface area contributed by atoms with E-state index in [1.165, 1.54) is 23.9 Å². The fourth-order valence-corrected chi connectivity index (χ4v) is 2.13. The van der Waals surface area contributed by atoms with Gasteiger partial charge in [0, 0.05) is 11.4 Å². The van der Waals surface area contributed by atoms with Crippen LogP contribution in [0, 0.1) is 5.82 Å². The van der Waals surface area contributed by atoms with Crippen molar-refractivity contribution in [2.75, 3.05) is 11.9 Å². The lowest BCUT2D eigenvalue weighted by molar-refractivity contribution is 0.626. The van der Waals surface area contributed by atoms with E-state index in [-0.39, 0.29) is 5.82 Å². The van der Waals surface area contributed by atoms with Crippen molar-refractivity contribution in [2.45, 2.75) is 23.3 Å². The molecule has 0 aliphatic rings. The quantitative estimate of drug-likeness (QED) is 0.894. The summed E-state index contributed by atoms with van der Waals surface area (Å²) in [5, 5.41) is 3.98. The molecule has 0 aliphatic carbocycles. The Labute approximate surface area is 110 Å². The van der Waals surface area contributed by atoms with E-state index < -0.39 is 0 Å². The van der Waals surface area contributed by atoms with Gasteiger partial charge in [0.1, 0.15) is 16.7 Å². The van der Waals surface area contributed by atoms with Crippen molar-refractivity contribution in [2.24, 2.45) is 0 Å². The van der Waals surface area contributed by atoms with Crippen molar-refractivity contribution in [1.29, 1.82) is 0 Å². The van der Waals surface area contributed by atoms with Crippen LogP contribution < -0.4 is 5.32 Å². The van der Waals surface area contributed by atoms with Gasteiger partial charge in [0.25, 0.3) is 0 Å². The summed E-state index contributed by atoms with van der Waals surface area (Å²) < 4.78 is 12.8. The Bertz CT molecular complexity index is 502. The molecule has 0 saturated carbocycles. The van der Waals surface area contributed by atoms with Gasteiger partial charge in [-0.15, -0.1) is 0 Å². The molecule has 0 bridgehead atoms. The van der Waals surface area contributed by atoms with Crippen LogP contribution in [0.2, 0.25) is 0 Å². The first-order chi connectivity index (χ1) is 8.78. The van der Waals surface area contributed by atoms with Crippen molar-refractivity contribution in [3.63, 3.8) is 0 Å². The number of benzene rings is 1. The van der Waals surface area contributed by atoms with E-state index in [4.69, 9.17) is 0 Å². The van der Waals surface area contributed by atoms with Crippen molar-refractivity contribution in [3.05, 3.63) is 42.5 Å². The van der Waals surface area contributed by atoms with Gasteiger partial charge in [-0.25, -0.2) is 9.37 Å². The van der Waals surface area contributed by atoms with E-state index in [0.717, 1.165) is 28.7 Å². The smallest absolute Gasteiger partial charge is 0.145 e. The van der Waals surface area contributed by atoms with Gasteiger partial charge in [-0.1, -0.05) is 18.7 Å². The zero-order valence-electron chi connectivity index (χ0n) is 10.1. The van der Waals surface area contributed by atoms with Crippen LogP contribution >= 0.6 is 11.8 Å². The lowest BCUT2D eigenvalue weighted by atomic mass is 10.4. The van der Waals surface area contributed by atoms with Crippen LogP contribution in [0.5, 0.6) is 0 Å². The highest BCUT2D eigenvalue weighted by Crippen LogP contribution is 2.26. The number of halogens is 1. The number of hydrogen-bond acceptors (Lipinski definition) is 4. The Morgan fingerprint density at radius 2 is 2.00 bits per heavy atom. The third-order valence-electron chi connectivity index (χ3n) is 2.20. The minimum absolute atomic E-state index is 0.233. The predicted octanol–water partition coefficient (Wildman–Crippen LogP) is 3.59. The molecule has 2 aromatic rings. The molecule has 0 spiro atoms. The van der Waals surface area contributed by atoms with Gasteiger partial charge in [0.2, 0.25) is 0 Å². The lowest BCUT2D eigenvalue weighted by Crippen LogP contribution is -2.02. The van der Waals surface area contributed by atoms with Crippen LogP contribution in [-0.2, 0) is 0 Å². The highest BCUT2D eigenvalue weighted by atomic mass is 32.2. The first kappa shape index (κ1) is 12.8. The van der Waals surface area contributed by atoms with Crippen LogP contribution in [0.4, 0.5) is 10.2 Å². The van der Waals surface area contributed by atoms with E-state index in [0.29, 0.717) is 0 Å². The molecule has 0 saturated heterocycles. The first-order valence-corrected chi connectivity index (χ1v) is 6.59. The fraction of sp³-hybridized carbons (Fsp3) is 0.231. The molecule has 0 amide bonds. The maximum Gasteiger partial charge on any atom is 0.145 e. The Kier molecular flexibility index (Phi) is 4.52. The lowest BCUT2D eigenvalue weighted by Gasteiger charge is -2.05. The normalized spacial score (nSPS) is 10.3. The highest BCUT2D eigenvalue weighted by molar-refractivity contribution is 7.99. The molecule has 18 heavy (non-hydrogen) atoms. The third kappa shape index (κ3) is 3.70. The Hall–Kier alpha value is -1.62. The molecule has 94 valence electrons. The van der Waals surface area contributed by atoms with E-state index in [9.17, 15) is 4.39 Å². The second kappa shape index (κ2) is 6.35. The van der Waals surface area contributed by atoms with Crippen molar-refractivity contribution in [3.8, 4) is 0 Å². The summed E-state index contributed by atoms with van der Waals surface area (Å²) in [6.45, 7) is 2.97. The van der Waals surface area contributed by atoms with Crippen LogP contribution in [-0.4, -0.2) is 16.5 Å². The Balaban J connectivity index is 2.06. The monoisotopic (exact) mass is 263 g/mol. The summed E-state index contributed by atoms with van der Waals surface area (Å²) in [5.41, 5.74) is 0. The Morgan fingerprint density at radius 1 is 1.22 bits per heavy atom. The number of nitrogens with zero attached hydrogens (tertiary/aromatic N) is 2. The molecule has 2 rings (SSSR count).